The summed E-state index contributed by atoms with van der Waals surface area (Å²) in [5.41, 5.74) is 1.42. The zero-order valence-electron chi connectivity index (χ0n) is 34.7. The van der Waals surface area contributed by atoms with Crippen molar-refractivity contribution in [2.45, 2.75) is 78.4 Å². The van der Waals surface area contributed by atoms with E-state index in [1.54, 1.807) is 97.1 Å². The number of carbonyl (C=O) groups is 4. The molecule has 2 fully saturated rings. The number of rotatable bonds is 18. The average molecular weight is 982 g/mol. The second-order valence-corrected chi connectivity index (χ2v) is 17.0. The minimum absolute atomic E-state index is 0.0914. The van der Waals surface area contributed by atoms with Gasteiger partial charge < -0.3 is 57.8 Å². The number of halogens is 4. The van der Waals surface area contributed by atoms with Crippen molar-refractivity contribution in [3.8, 4) is 11.5 Å². The molecule has 4 aromatic carbocycles. The number of ether oxygens (including phenoxy) is 10. The number of aliphatic hydroxyl groups excluding tert-OH is 1. The van der Waals surface area contributed by atoms with Gasteiger partial charge in [-0.25, -0.2) is 9.59 Å². The monoisotopic (exact) mass is 979 g/mol. The first kappa shape index (κ1) is 49.7. The summed E-state index contributed by atoms with van der Waals surface area (Å²) < 4.78 is 58.3. The minimum Gasteiger partial charge on any atom is -0.497 e. The van der Waals surface area contributed by atoms with Crippen LogP contribution in [-0.2, 0) is 65.5 Å². The summed E-state index contributed by atoms with van der Waals surface area (Å²) in [7, 11) is 2.56. The molecule has 4 aromatic rings. The van der Waals surface area contributed by atoms with Crippen LogP contribution in [0.25, 0.3) is 0 Å². The van der Waals surface area contributed by atoms with Crippen LogP contribution >= 0.6 is 46.4 Å². The summed E-state index contributed by atoms with van der Waals surface area (Å²) in [6.07, 6.45) is -14.4. The zero-order valence-corrected chi connectivity index (χ0v) is 37.8. The van der Waals surface area contributed by atoms with Crippen molar-refractivity contribution < 1.29 is 71.7 Å². The van der Waals surface area contributed by atoms with Crippen LogP contribution in [0, 0.1) is 0 Å². The molecule has 1 amide bonds. The topological polar surface area (TPSA) is 193 Å². The van der Waals surface area contributed by atoms with Gasteiger partial charge in [0.25, 0.3) is 9.70 Å². The van der Waals surface area contributed by atoms with Crippen molar-refractivity contribution in [2.75, 3.05) is 26.7 Å². The summed E-state index contributed by atoms with van der Waals surface area (Å²) >= 11 is 24.2. The van der Waals surface area contributed by atoms with Gasteiger partial charge in [0.2, 0.25) is 6.29 Å². The van der Waals surface area contributed by atoms with Crippen LogP contribution in [0.4, 0.5) is 0 Å². The fourth-order valence-corrected chi connectivity index (χ4v) is 7.22. The Morgan fingerprint density at radius 1 is 0.677 bits per heavy atom. The van der Waals surface area contributed by atoms with Crippen molar-refractivity contribution in [3.05, 3.63) is 132 Å². The molecular formula is C45H45Cl4NO15. The maximum absolute atomic E-state index is 14.1. The third-order valence-corrected chi connectivity index (χ3v) is 10.8. The van der Waals surface area contributed by atoms with Crippen molar-refractivity contribution in [3.63, 3.8) is 0 Å². The van der Waals surface area contributed by atoms with E-state index in [4.69, 9.17) is 93.8 Å². The van der Waals surface area contributed by atoms with Gasteiger partial charge in [-0.2, -0.15) is 0 Å². The molecule has 2 N–H and O–H groups in total. The molecule has 20 heteroatoms. The van der Waals surface area contributed by atoms with Gasteiger partial charge in [-0.1, -0.05) is 114 Å². The number of nitrogens with one attached hydrogen (secondary N) is 1. The zero-order chi connectivity index (χ0) is 46.5. The number of aliphatic hydroxyl groups is 1. The minimum atomic E-state index is -2.55. The molecule has 0 radical (unpaired) electrons. The smallest absolute Gasteiger partial charge is 0.339 e. The Bertz CT molecular complexity index is 2150. The van der Waals surface area contributed by atoms with E-state index < -0.39 is 101 Å². The molecule has 0 bridgehead atoms. The SMILES string of the molecule is COC(=O)[C@H]1O[C@@H](O[C@@H]2[C@@H](NC(=O)C(Cl)(Cl)Cl)[C@H](Oc3ccc(OC)cc3)O[C@H](CO)[C@@H]2OCc2ccccc2)[C@H](OC(=O)c2ccccc2)[C@@H](OCc2ccccc2)[C@@H]1OC(=O)CCl. The summed E-state index contributed by atoms with van der Waals surface area (Å²) in [4.78, 5) is 54.4. The van der Waals surface area contributed by atoms with Crippen LogP contribution < -0.4 is 14.8 Å². The molecule has 0 saturated carbocycles. The molecule has 0 unspecified atom stereocenters. The summed E-state index contributed by atoms with van der Waals surface area (Å²) in [5.74, 6) is -4.03. The van der Waals surface area contributed by atoms with Gasteiger partial charge in [0.05, 0.1) is 39.6 Å². The standard InChI is InChI=1S/C45H45Cl4NO15/c1-56-29-18-20-30(21-19-29)60-42-33(50-44(55)45(47,48)49)35(34(31(23-51)61-42)58-24-26-12-6-3-7-13-26)64-43-39(63-40(53)28-16-10-5-11-17-28)36(59-25-27-14-8-4-9-15-27)37(62-32(52)22-46)38(65-43)41(54)57-2/h3-21,31,33-39,42-43,51H,22-25H2,1-2H3,(H,50,55)/t31-,33-,34+,35-,36+,37+,38+,39-,42-,43-/m1/s1. The molecule has 0 aliphatic carbocycles. The fourth-order valence-electron chi connectivity index (χ4n) is 7.00. The molecule has 0 spiro atoms. The van der Waals surface area contributed by atoms with E-state index in [1.807, 2.05) is 6.07 Å². The van der Waals surface area contributed by atoms with Crippen LogP contribution in [0.3, 0.4) is 0 Å². The predicted octanol–water partition coefficient (Wildman–Crippen LogP) is 5.48. The number of hydrogen-bond donors (Lipinski definition) is 2. The van der Waals surface area contributed by atoms with E-state index in [0.29, 0.717) is 16.9 Å². The molecule has 16 nitrogen and oxygen atoms in total. The van der Waals surface area contributed by atoms with Crippen LogP contribution in [0.5, 0.6) is 11.5 Å². The Kier molecular flexibility index (Phi) is 18.1. The van der Waals surface area contributed by atoms with Crippen LogP contribution in [0.1, 0.15) is 21.5 Å². The quantitative estimate of drug-likeness (QED) is 0.0724. The number of methoxy groups -OCH3 is 2. The number of amides is 1. The predicted molar refractivity (Wildman–Crippen MR) is 233 cm³/mol. The van der Waals surface area contributed by atoms with E-state index >= 15 is 0 Å². The summed E-state index contributed by atoms with van der Waals surface area (Å²) in [5, 5.41) is 13.5. The van der Waals surface area contributed by atoms with Gasteiger partial charge in [0.1, 0.15) is 47.8 Å². The lowest BCUT2D eigenvalue weighted by atomic mass is 9.94. The molecule has 10 atom stereocenters. The molecule has 2 aliphatic heterocycles. The Morgan fingerprint density at radius 3 is 1.78 bits per heavy atom. The van der Waals surface area contributed by atoms with E-state index in [0.717, 1.165) is 7.11 Å². The van der Waals surface area contributed by atoms with Gasteiger partial charge in [-0.05, 0) is 47.5 Å². The van der Waals surface area contributed by atoms with E-state index in [1.165, 1.54) is 19.2 Å². The molecule has 2 saturated heterocycles. The van der Waals surface area contributed by atoms with E-state index in [2.05, 4.69) is 5.32 Å². The lowest BCUT2D eigenvalue weighted by Gasteiger charge is -2.49. The van der Waals surface area contributed by atoms with E-state index in [-0.39, 0.29) is 24.5 Å². The molecule has 2 heterocycles. The van der Waals surface area contributed by atoms with Gasteiger partial charge in [-0.3, -0.25) is 9.59 Å². The Balaban J connectivity index is 1.50. The first-order valence-electron chi connectivity index (χ1n) is 20.0. The van der Waals surface area contributed by atoms with E-state index in [9.17, 15) is 24.3 Å². The highest BCUT2D eigenvalue weighted by atomic mass is 35.6. The fraction of sp³-hybridized carbons (Fsp3) is 0.378. The van der Waals surface area contributed by atoms with Crippen molar-refractivity contribution in [1.29, 1.82) is 0 Å². The third-order valence-electron chi connectivity index (χ3n) is 10.1. The van der Waals surface area contributed by atoms with Crippen LogP contribution in [0.15, 0.2) is 115 Å². The Labute approximate surface area is 394 Å². The first-order chi connectivity index (χ1) is 31.3. The Hall–Kier alpha value is -4.72. The van der Waals surface area contributed by atoms with Crippen LogP contribution in [0.2, 0.25) is 0 Å². The molecule has 0 aromatic heterocycles. The van der Waals surface area contributed by atoms with Crippen molar-refractivity contribution in [2.24, 2.45) is 0 Å². The number of hydrogen-bond acceptors (Lipinski definition) is 15. The maximum atomic E-state index is 14.1. The van der Waals surface area contributed by atoms with Crippen molar-refractivity contribution in [1.82, 2.24) is 5.32 Å². The van der Waals surface area contributed by atoms with Gasteiger partial charge in [0, 0.05) is 0 Å². The summed E-state index contributed by atoms with van der Waals surface area (Å²) in [6, 6.07) is 30.4. The van der Waals surface area contributed by atoms with Gasteiger partial charge >= 0.3 is 17.9 Å². The van der Waals surface area contributed by atoms with Gasteiger partial charge in [-0.15, -0.1) is 11.6 Å². The second-order valence-electron chi connectivity index (χ2n) is 14.4. The molecule has 6 rings (SSSR count). The second kappa shape index (κ2) is 23.6. The molecule has 2 aliphatic rings. The number of alkyl halides is 4. The molecule has 65 heavy (non-hydrogen) atoms. The molecule has 348 valence electrons. The lowest BCUT2D eigenvalue weighted by molar-refractivity contribution is -0.342. The highest BCUT2D eigenvalue weighted by Gasteiger charge is 2.58. The highest BCUT2D eigenvalue weighted by molar-refractivity contribution is 6.76. The molecular weight excluding hydrogens is 936 g/mol. The first-order valence-corrected chi connectivity index (χ1v) is 21.7. The largest absolute Gasteiger partial charge is 0.497 e. The van der Waals surface area contributed by atoms with Crippen LogP contribution in [-0.4, -0.2) is 121 Å². The summed E-state index contributed by atoms with van der Waals surface area (Å²) in [6.45, 7) is -0.968. The number of esters is 3. The normalized spacial score (nSPS) is 25.4. The average Bonchev–Trinajstić information content (AvgIpc) is 3.32. The lowest BCUT2D eigenvalue weighted by Crippen LogP contribution is -2.70. The Morgan fingerprint density at radius 2 is 1.25 bits per heavy atom. The third kappa shape index (κ3) is 13.2. The maximum Gasteiger partial charge on any atom is 0.339 e. The number of benzene rings is 4. The highest BCUT2D eigenvalue weighted by Crippen LogP contribution is 2.37. The van der Waals surface area contributed by atoms with Crippen molar-refractivity contribution >= 4 is 70.2 Å². The van der Waals surface area contributed by atoms with Gasteiger partial charge in [0.15, 0.2) is 24.6 Å². The number of carbonyl (C=O) groups excluding carboxylic acids is 4.